The van der Waals surface area contributed by atoms with Gasteiger partial charge in [0, 0.05) is 12.1 Å². The van der Waals surface area contributed by atoms with Crippen molar-refractivity contribution in [2.24, 2.45) is 0 Å². The number of aromatic nitrogens is 3. The molecule has 2 aromatic carbocycles. The Balaban J connectivity index is 1.82. The number of hydrogen-bond donors (Lipinski definition) is 1. The van der Waals surface area contributed by atoms with Gasteiger partial charge < -0.3 is 4.74 Å². The Kier molecular flexibility index (Phi) is 3.59. The summed E-state index contributed by atoms with van der Waals surface area (Å²) in [5.41, 5.74) is 0.664. The number of nitrogens with one attached hydrogen (secondary N) is 1. The molecule has 0 fully saturated rings. The molecule has 1 aromatic heterocycles. The second kappa shape index (κ2) is 5.70. The molecule has 0 atom stereocenters. The first-order chi connectivity index (χ1) is 10.2. The smallest absolute Gasteiger partial charge is 0.161 e. The van der Waals surface area contributed by atoms with Gasteiger partial charge in [0.2, 0.25) is 0 Å². The van der Waals surface area contributed by atoms with Gasteiger partial charge in [0.05, 0.1) is 5.56 Å². The van der Waals surface area contributed by atoms with Crippen molar-refractivity contribution < 1.29 is 13.5 Å². The number of aromatic amines is 1. The second-order valence-electron chi connectivity index (χ2n) is 4.37. The number of nitrogens with zero attached hydrogens (tertiary/aromatic N) is 2. The molecular formula is C15H11F2N3O. The molecule has 0 spiro atoms. The van der Waals surface area contributed by atoms with Crippen molar-refractivity contribution in [3.8, 4) is 17.1 Å². The average molecular weight is 287 g/mol. The third-order valence-electron chi connectivity index (χ3n) is 2.92. The molecule has 3 rings (SSSR count). The predicted molar refractivity (Wildman–Crippen MR) is 72.5 cm³/mol. The summed E-state index contributed by atoms with van der Waals surface area (Å²) < 4.78 is 33.4. The summed E-state index contributed by atoms with van der Waals surface area (Å²) in [5.74, 6) is -1.35. The highest BCUT2D eigenvalue weighted by Gasteiger charge is 2.16. The lowest BCUT2D eigenvalue weighted by Gasteiger charge is -2.08. The number of H-pyrrole nitrogens is 1. The number of ether oxygens (including phenoxy) is 1. The second-order valence-corrected chi connectivity index (χ2v) is 4.37. The van der Waals surface area contributed by atoms with E-state index in [2.05, 4.69) is 15.2 Å². The van der Waals surface area contributed by atoms with Crippen LogP contribution in [0, 0.1) is 11.6 Å². The van der Waals surface area contributed by atoms with Crippen molar-refractivity contribution in [1.29, 1.82) is 0 Å². The van der Waals surface area contributed by atoms with Gasteiger partial charge in [0.1, 0.15) is 30.3 Å². The number of benzene rings is 2. The molecule has 4 nitrogen and oxygen atoms in total. The van der Waals surface area contributed by atoms with E-state index in [0.29, 0.717) is 0 Å². The van der Waals surface area contributed by atoms with Gasteiger partial charge in [0.15, 0.2) is 5.82 Å². The molecule has 0 aliphatic rings. The first kappa shape index (κ1) is 13.2. The largest absolute Gasteiger partial charge is 0.489 e. The monoisotopic (exact) mass is 287 g/mol. The summed E-state index contributed by atoms with van der Waals surface area (Å²) in [6.07, 6.45) is 1.19. The molecule has 21 heavy (non-hydrogen) atoms. The van der Waals surface area contributed by atoms with E-state index >= 15 is 0 Å². The Hall–Kier alpha value is -2.76. The van der Waals surface area contributed by atoms with Crippen LogP contribution in [-0.2, 0) is 6.61 Å². The number of halogens is 2. The minimum Gasteiger partial charge on any atom is -0.489 e. The van der Waals surface area contributed by atoms with Crippen LogP contribution in [0.25, 0.3) is 11.4 Å². The summed E-state index contributed by atoms with van der Waals surface area (Å²) in [4.78, 5) is 3.74. The maximum absolute atomic E-state index is 14.0. The van der Waals surface area contributed by atoms with Crippen LogP contribution in [0.5, 0.6) is 5.75 Å². The maximum atomic E-state index is 14.0. The van der Waals surface area contributed by atoms with E-state index < -0.39 is 11.6 Å². The molecule has 0 amide bonds. The van der Waals surface area contributed by atoms with Crippen molar-refractivity contribution >= 4 is 0 Å². The lowest BCUT2D eigenvalue weighted by molar-refractivity contribution is 0.303. The van der Waals surface area contributed by atoms with Gasteiger partial charge >= 0.3 is 0 Å². The van der Waals surface area contributed by atoms with Crippen molar-refractivity contribution in [2.45, 2.75) is 6.61 Å². The van der Waals surface area contributed by atoms with Crippen molar-refractivity contribution in [2.75, 3.05) is 0 Å². The molecule has 3 aromatic rings. The first-order valence-electron chi connectivity index (χ1n) is 6.25. The molecule has 106 valence electrons. The van der Waals surface area contributed by atoms with Crippen molar-refractivity contribution in [1.82, 2.24) is 15.2 Å². The molecule has 0 bridgehead atoms. The van der Waals surface area contributed by atoms with Crippen LogP contribution in [0.1, 0.15) is 5.56 Å². The van der Waals surface area contributed by atoms with Gasteiger partial charge in [-0.3, -0.25) is 5.10 Å². The van der Waals surface area contributed by atoms with Crippen LogP contribution in [0.4, 0.5) is 8.78 Å². The summed E-state index contributed by atoms with van der Waals surface area (Å²) >= 11 is 0. The fourth-order valence-electron chi connectivity index (χ4n) is 1.93. The molecule has 1 N–H and O–H groups in total. The summed E-state index contributed by atoms with van der Waals surface area (Å²) in [6.45, 7) is 0.237. The van der Waals surface area contributed by atoms with Gasteiger partial charge in [-0.15, -0.1) is 0 Å². The molecule has 0 aliphatic heterocycles. The van der Waals surface area contributed by atoms with Crippen molar-refractivity contribution in [3.63, 3.8) is 0 Å². The Bertz CT molecular complexity index is 707. The topological polar surface area (TPSA) is 50.8 Å². The highest BCUT2D eigenvalue weighted by atomic mass is 19.1. The summed E-state index contributed by atoms with van der Waals surface area (Å²) in [5, 5.41) is 6.01. The molecule has 0 saturated heterocycles. The Morgan fingerprint density at radius 3 is 2.38 bits per heavy atom. The van der Waals surface area contributed by atoms with Gasteiger partial charge in [-0.2, -0.15) is 5.10 Å². The maximum Gasteiger partial charge on any atom is 0.161 e. The van der Waals surface area contributed by atoms with E-state index in [1.54, 1.807) is 0 Å². The van der Waals surface area contributed by atoms with E-state index in [1.807, 2.05) is 30.3 Å². The zero-order chi connectivity index (χ0) is 14.7. The van der Waals surface area contributed by atoms with E-state index in [9.17, 15) is 8.78 Å². The third kappa shape index (κ3) is 2.89. The molecule has 6 heteroatoms. The highest BCUT2D eigenvalue weighted by Crippen LogP contribution is 2.27. The fourth-order valence-corrected chi connectivity index (χ4v) is 1.93. The molecule has 1 heterocycles. The molecule has 0 saturated carbocycles. The Labute approximate surface area is 119 Å². The third-order valence-corrected chi connectivity index (χ3v) is 2.92. The van der Waals surface area contributed by atoms with Gasteiger partial charge in [-0.05, 0) is 5.56 Å². The molecule has 0 radical (unpaired) electrons. The molecule has 0 unspecified atom stereocenters. The lowest BCUT2D eigenvalue weighted by Crippen LogP contribution is -1.98. The average Bonchev–Trinajstić information content (AvgIpc) is 2.99. The van der Waals surface area contributed by atoms with Crippen LogP contribution in [-0.4, -0.2) is 15.2 Å². The van der Waals surface area contributed by atoms with Crippen molar-refractivity contribution in [3.05, 3.63) is 66.0 Å². The standard InChI is InChI=1S/C15H11F2N3O/c16-12-6-11(21-8-10-4-2-1-3-5-10)7-13(17)14(12)15-18-9-19-20-15/h1-7,9H,8H2,(H,18,19,20). The zero-order valence-corrected chi connectivity index (χ0v) is 10.9. The summed E-state index contributed by atoms with van der Waals surface area (Å²) in [7, 11) is 0. The van der Waals surface area contributed by atoms with Crippen LogP contribution in [0.2, 0.25) is 0 Å². The van der Waals surface area contributed by atoms with E-state index in [0.717, 1.165) is 17.7 Å². The number of hydrogen-bond acceptors (Lipinski definition) is 3. The highest BCUT2D eigenvalue weighted by molar-refractivity contribution is 5.57. The lowest BCUT2D eigenvalue weighted by atomic mass is 10.1. The fraction of sp³-hybridized carbons (Fsp3) is 0.0667. The Morgan fingerprint density at radius 2 is 1.76 bits per heavy atom. The minimum absolute atomic E-state index is 0.0413. The van der Waals surface area contributed by atoms with Gasteiger partial charge in [0.25, 0.3) is 0 Å². The minimum atomic E-state index is -0.755. The van der Waals surface area contributed by atoms with E-state index in [-0.39, 0.29) is 23.7 Å². The SMILES string of the molecule is Fc1cc(OCc2ccccc2)cc(F)c1-c1ncn[nH]1. The van der Waals surface area contributed by atoms with E-state index in [4.69, 9.17) is 4.74 Å². The van der Waals surface area contributed by atoms with Crippen LogP contribution in [0.3, 0.4) is 0 Å². The number of rotatable bonds is 4. The molecular weight excluding hydrogens is 276 g/mol. The quantitative estimate of drug-likeness (QED) is 0.800. The predicted octanol–water partition coefficient (Wildman–Crippen LogP) is 3.33. The van der Waals surface area contributed by atoms with Crippen LogP contribution in [0.15, 0.2) is 48.8 Å². The zero-order valence-electron chi connectivity index (χ0n) is 10.9. The normalized spacial score (nSPS) is 10.6. The van der Waals surface area contributed by atoms with Crippen LogP contribution < -0.4 is 4.74 Å². The van der Waals surface area contributed by atoms with E-state index in [1.165, 1.54) is 6.33 Å². The van der Waals surface area contributed by atoms with Gasteiger partial charge in [-0.1, -0.05) is 30.3 Å². The summed E-state index contributed by atoms with van der Waals surface area (Å²) in [6, 6.07) is 11.6. The Morgan fingerprint density at radius 1 is 1.05 bits per heavy atom. The van der Waals surface area contributed by atoms with Gasteiger partial charge in [-0.25, -0.2) is 13.8 Å². The van der Waals surface area contributed by atoms with Crippen LogP contribution >= 0.6 is 0 Å². The molecule has 0 aliphatic carbocycles. The first-order valence-corrected chi connectivity index (χ1v) is 6.25.